The van der Waals surface area contributed by atoms with Gasteiger partial charge in [0.05, 0.1) is 34.6 Å². The normalized spacial score (nSPS) is 10.8. The summed E-state index contributed by atoms with van der Waals surface area (Å²) in [6.45, 7) is 0.346. The first kappa shape index (κ1) is 17.2. The summed E-state index contributed by atoms with van der Waals surface area (Å²) in [6.07, 6.45) is 2.47. The van der Waals surface area contributed by atoms with Crippen molar-refractivity contribution in [2.24, 2.45) is 0 Å². The maximum atomic E-state index is 12.2. The highest BCUT2D eigenvalue weighted by molar-refractivity contribution is 7.18. The highest BCUT2D eigenvalue weighted by atomic mass is 32.1. The molecule has 0 aliphatic rings. The predicted octanol–water partition coefficient (Wildman–Crippen LogP) is 2.60. The van der Waals surface area contributed by atoms with E-state index in [1.54, 1.807) is 36.8 Å². The topological polar surface area (TPSA) is 75.4 Å². The van der Waals surface area contributed by atoms with E-state index in [0.717, 1.165) is 15.2 Å². The summed E-state index contributed by atoms with van der Waals surface area (Å²) in [5.41, 5.74) is 0.959. The molecule has 0 aliphatic heterocycles. The summed E-state index contributed by atoms with van der Waals surface area (Å²) in [7, 11) is 1.63. The molecule has 25 heavy (non-hydrogen) atoms. The summed E-state index contributed by atoms with van der Waals surface area (Å²) in [4.78, 5) is 30.0. The quantitative estimate of drug-likeness (QED) is 0.705. The van der Waals surface area contributed by atoms with E-state index in [4.69, 9.17) is 4.42 Å². The van der Waals surface area contributed by atoms with Crippen molar-refractivity contribution in [3.63, 3.8) is 0 Å². The van der Waals surface area contributed by atoms with E-state index >= 15 is 0 Å². The number of para-hydroxylation sites is 1. The molecule has 7 heteroatoms. The van der Waals surface area contributed by atoms with E-state index < -0.39 is 0 Å². The fourth-order valence-electron chi connectivity index (χ4n) is 2.39. The van der Waals surface area contributed by atoms with Crippen LogP contribution in [0.1, 0.15) is 17.2 Å². The Bertz CT molecular complexity index is 824. The second-order valence-electron chi connectivity index (χ2n) is 5.68. The van der Waals surface area contributed by atoms with Crippen molar-refractivity contribution in [3.05, 3.63) is 53.4 Å². The molecule has 0 saturated carbocycles. The Morgan fingerprint density at radius 3 is 2.84 bits per heavy atom. The Morgan fingerprint density at radius 2 is 2.08 bits per heavy atom. The molecule has 2 amide bonds. The largest absolute Gasteiger partial charge is 0.467 e. The lowest BCUT2D eigenvalue weighted by atomic mass is 10.3. The van der Waals surface area contributed by atoms with Crippen molar-refractivity contribution in [2.75, 3.05) is 13.6 Å². The van der Waals surface area contributed by atoms with Crippen LogP contribution in [0.15, 0.2) is 47.1 Å². The van der Waals surface area contributed by atoms with Crippen LogP contribution in [0.3, 0.4) is 0 Å². The van der Waals surface area contributed by atoms with Gasteiger partial charge in [0.1, 0.15) is 5.76 Å². The number of aromatic nitrogens is 1. The smallest absolute Gasteiger partial charge is 0.239 e. The number of carbonyl (C=O) groups is 2. The number of nitrogens with zero attached hydrogens (tertiary/aromatic N) is 2. The average Bonchev–Trinajstić information content (AvgIpc) is 3.26. The minimum absolute atomic E-state index is 0.0272. The third-order valence-corrected chi connectivity index (χ3v) is 4.83. The molecule has 0 spiro atoms. The third-order valence-electron chi connectivity index (χ3n) is 3.74. The van der Waals surface area contributed by atoms with Crippen LogP contribution in [0.25, 0.3) is 10.2 Å². The van der Waals surface area contributed by atoms with E-state index in [2.05, 4.69) is 10.3 Å². The molecule has 3 rings (SSSR count). The van der Waals surface area contributed by atoms with E-state index in [9.17, 15) is 9.59 Å². The second-order valence-corrected chi connectivity index (χ2v) is 6.80. The zero-order valence-electron chi connectivity index (χ0n) is 13.9. The number of aryl methyl sites for hydroxylation is 1. The number of nitrogens with one attached hydrogen (secondary N) is 1. The standard InChI is InChI=1S/C18H19N3O3S/c1-21(12-16(22)19-11-13-5-4-10-24-13)18(23)9-8-17-20-14-6-2-3-7-15(14)25-17/h2-7,10H,8-9,11-12H2,1H3,(H,19,22). The Kier molecular flexibility index (Phi) is 5.45. The summed E-state index contributed by atoms with van der Waals surface area (Å²) in [6, 6.07) is 11.5. The van der Waals surface area contributed by atoms with Crippen LogP contribution in [0.2, 0.25) is 0 Å². The molecule has 0 aliphatic carbocycles. The molecule has 0 fully saturated rings. The van der Waals surface area contributed by atoms with Crippen molar-refractivity contribution >= 4 is 33.4 Å². The van der Waals surface area contributed by atoms with Gasteiger partial charge in [-0.2, -0.15) is 0 Å². The van der Waals surface area contributed by atoms with Gasteiger partial charge in [-0.15, -0.1) is 11.3 Å². The number of carbonyl (C=O) groups excluding carboxylic acids is 2. The number of furan rings is 1. The molecule has 0 unspecified atom stereocenters. The van der Waals surface area contributed by atoms with Crippen molar-refractivity contribution in [3.8, 4) is 0 Å². The zero-order chi connectivity index (χ0) is 17.6. The molecule has 1 N–H and O–H groups in total. The maximum absolute atomic E-state index is 12.2. The molecule has 2 aromatic heterocycles. The number of hydrogen-bond acceptors (Lipinski definition) is 5. The van der Waals surface area contributed by atoms with Crippen molar-refractivity contribution in [2.45, 2.75) is 19.4 Å². The number of amides is 2. The van der Waals surface area contributed by atoms with Crippen LogP contribution in [-0.2, 0) is 22.6 Å². The Balaban J connectivity index is 1.44. The Labute approximate surface area is 149 Å². The second kappa shape index (κ2) is 7.94. The third kappa shape index (κ3) is 4.67. The van der Waals surface area contributed by atoms with Crippen molar-refractivity contribution in [1.29, 1.82) is 0 Å². The van der Waals surface area contributed by atoms with Crippen LogP contribution in [0.5, 0.6) is 0 Å². The molecule has 2 heterocycles. The molecule has 0 bridgehead atoms. The molecule has 1 aromatic carbocycles. The minimum atomic E-state index is -0.216. The molecule has 0 atom stereocenters. The van der Waals surface area contributed by atoms with E-state index in [0.29, 0.717) is 25.1 Å². The monoisotopic (exact) mass is 357 g/mol. The summed E-state index contributed by atoms with van der Waals surface area (Å²) >= 11 is 1.60. The van der Waals surface area contributed by atoms with Crippen LogP contribution < -0.4 is 5.32 Å². The number of likely N-dealkylation sites (N-methyl/N-ethyl adjacent to an activating group) is 1. The fraction of sp³-hybridized carbons (Fsp3) is 0.278. The maximum Gasteiger partial charge on any atom is 0.239 e. The van der Waals surface area contributed by atoms with Gasteiger partial charge in [-0.25, -0.2) is 4.98 Å². The highest BCUT2D eigenvalue weighted by Crippen LogP contribution is 2.22. The molecule has 3 aromatic rings. The SMILES string of the molecule is CN(CC(=O)NCc1ccco1)C(=O)CCc1nc2ccccc2s1. The average molecular weight is 357 g/mol. The van der Waals surface area contributed by atoms with Gasteiger partial charge < -0.3 is 14.6 Å². The lowest BCUT2D eigenvalue weighted by molar-refractivity contribution is -0.134. The van der Waals surface area contributed by atoms with Gasteiger partial charge in [-0.1, -0.05) is 12.1 Å². The molecule has 130 valence electrons. The van der Waals surface area contributed by atoms with Crippen molar-refractivity contribution in [1.82, 2.24) is 15.2 Å². The number of fused-ring (bicyclic) bond motifs is 1. The van der Waals surface area contributed by atoms with Gasteiger partial charge in [-0.05, 0) is 24.3 Å². The first-order chi connectivity index (χ1) is 12.1. The minimum Gasteiger partial charge on any atom is -0.467 e. The number of hydrogen-bond donors (Lipinski definition) is 1. The summed E-state index contributed by atoms with van der Waals surface area (Å²) in [5.74, 6) is 0.387. The first-order valence-electron chi connectivity index (χ1n) is 7.99. The van der Waals surface area contributed by atoms with Crippen LogP contribution >= 0.6 is 11.3 Å². The van der Waals surface area contributed by atoms with Crippen LogP contribution in [0.4, 0.5) is 0 Å². The van der Waals surface area contributed by atoms with E-state index in [1.807, 2.05) is 24.3 Å². The zero-order valence-corrected chi connectivity index (χ0v) is 14.7. The Hall–Kier alpha value is -2.67. The Morgan fingerprint density at radius 1 is 1.24 bits per heavy atom. The predicted molar refractivity (Wildman–Crippen MR) is 96.1 cm³/mol. The number of rotatable bonds is 7. The van der Waals surface area contributed by atoms with Crippen molar-refractivity contribution < 1.29 is 14.0 Å². The first-order valence-corrected chi connectivity index (χ1v) is 8.81. The molecular weight excluding hydrogens is 338 g/mol. The van der Waals surface area contributed by atoms with Gasteiger partial charge in [0.2, 0.25) is 11.8 Å². The van der Waals surface area contributed by atoms with Gasteiger partial charge in [0, 0.05) is 19.9 Å². The van der Waals surface area contributed by atoms with Crippen LogP contribution in [0, 0.1) is 0 Å². The molecule has 6 nitrogen and oxygen atoms in total. The summed E-state index contributed by atoms with van der Waals surface area (Å²) in [5, 5.41) is 3.66. The van der Waals surface area contributed by atoms with Gasteiger partial charge in [-0.3, -0.25) is 9.59 Å². The van der Waals surface area contributed by atoms with Crippen LogP contribution in [-0.4, -0.2) is 35.3 Å². The number of benzene rings is 1. The van der Waals surface area contributed by atoms with Gasteiger partial charge in [0.25, 0.3) is 0 Å². The lowest BCUT2D eigenvalue weighted by Crippen LogP contribution is -2.38. The molecule has 0 saturated heterocycles. The van der Waals surface area contributed by atoms with Gasteiger partial charge in [0.15, 0.2) is 0 Å². The molecule has 0 radical (unpaired) electrons. The fourth-order valence-corrected chi connectivity index (χ4v) is 3.36. The number of thiazole rings is 1. The lowest BCUT2D eigenvalue weighted by Gasteiger charge is -2.16. The highest BCUT2D eigenvalue weighted by Gasteiger charge is 2.14. The van der Waals surface area contributed by atoms with Gasteiger partial charge >= 0.3 is 0 Å². The summed E-state index contributed by atoms with van der Waals surface area (Å²) < 4.78 is 6.27. The molecular formula is C18H19N3O3S. The van der Waals surface area contributed by atoms with E-state index in [1.165, 1.54) is 4.90 Å². The van der Waals surface area contributed by atoms with E-state index in [-0.39, 0.29) is 18.4 Å².